The molecule has 1 aromatic carbocycles. The van der Waals surface area contributed by atoms with Crippen molar-refractivity contribution in [3.8, 4) is 0 Å². The normalized spacial score (nSPS) is 21.9. The predicted octanol–water partition coefficient (Wildman–Crippen LogP) is 11.3. The van der Waals surface area contributed by atoms with Crippen LogP contribution in [0, 0.1) is 22.7 Å². The molecule has 0 amide bonds. The van der Waals surface area contributed by atoms with E-state index in [2.05, 4.69) is 111 Å². The molecule has 1 aromatic rings. The quantitative estimate of drug-likeness (QED) is 0.0718. The van der Waals surface area contributed by atoms with Gasteiger partial charge in [0, 0.05) is 29.5 Å². The Morgan fingerprint density at radius 3 is 2.33 bits per heavy atom. The van der Waals surface area contributed by atoms with Gasteiger partial charge in [-0.1, -0.05) is 101 Å². The van der Waals surface area contributed by atoms with Crippen molar-refractivity contribution in [1.29, 1.82) is 5.41 Å². The molecule has 0 aromatic heterocycles. The number of nitrogens with zero attached hydrogens (tertiary/aromatic N) is 2. The molecule has 49 heavy (non-hydrogen) atoms. The topological polar surface area (TPSA) is 42.4 Å². The summed E-state index contributed by atoms with van der Waals surface area (Å²) >= 11 is 0. The Labute approximate surface area is 296 Å². The van der Waals surface area contributed by atoms with Crippen molar-refractivity contribution in [2.45, 2.75) is 70.9 Å². The van der Waals surface area contributed by atoms with Crippen molar-refractivity contribution >= 4 is 11.9 Å². The minimum Gasteiger partial charge on any atom is -0.382 e. The molecule has 2 N–H and O–H groups in total. The van der Waals surface area contributed by atoms with Gasteiger partial charge < -0.3 is 20.5 Å². The third kappa shape index (κ3) is 8.43. The zero-order valence-electron chi connectivity index (χ0n) is 29.8. The van der Waals surface area contributed by atoms with Crippen molar-refractivity contribution in [1.82, 2.24) is 10.2 Å². The summed E-state index contributed by atoms with van der Waals surface area (Å²) in [7, 11) is 0. The van der Waals surface area contributed by atoms with Crippen LogP contribution in [-0.4, -0.2) is 23.2 Å². The van der Waals surface area contributed by atoms with E-state index in [0.717, 1.165) is 78.1 Å². The first-order valence-corrected chi connectivity index (χ1v) is 17.5. The molecule has 1 heterocycles. The summed E-state index contributed by atoms with van der Waals surface area (Å²) < 4.78 is 0. The highest BCUT2D eigenvalue weighted by atomic mass is 15.2. The number of anilines is 1. The second-order valence-corrected chi connectivity index (χ2v) is 13.8. The fourth-order valence-electron chi connectivity index (χ4n) is 7.49. The van der Waals surface area contributed by atoms with E-state index < -0.39 is 0 Å². The second-order valence-electron chi connectivity index (χ2n) is 13.8. The third-order valence-corrected chi connectivity index (χ3v) is 10.3. The van der Waals surface area contributed by atoms with Gasteiger partial charge >= 0.3 is 0 Å². The van der Waals surface area contributed by atoms with Crippen LogP contribution in [0.3, 0.4) is 0 Å². The second kappa shape index (κ2) is 17.0. The first-order chi connectivity index (χ1) is 23.6. The molecule has 2 aliphatic carbocycles. The van der Waals surface area contributed by atoms with Crippen molar-refractivity contribution < 1.29 is 0 Å². The van der Waals surface area contributed by atoms with Crippen LogP contribution >= 0.6 is 0 Å². The van der Waals surface area contributed by atoms with Crippen LogP contribution in [0.4, 0.5) is 5.69 Å². The van der Waals surface area contributed by atoms with Crippen molar-refractivity contribution in [3.05, 3.63) is 177 Å². The van der Waals surface area contributed by atoms with E-state index in [1.54, 1.807) is 0 Å². The van der Waals surface area contributed by atoms with Crippen LogP contribution in [0.5, 0.6) is 0 Å². The standard InChI is InChI=1S/C45H56N4/c1-10-13-14-15-17-26-40(31-46)49(39-24-18-16-19-25-39)34(5)29-43-36(7)35(6)42(45(43,8)9)28-33(4)48(38(12-3)22-11-2)41-30-37-23-20-21-27-44(37)47-32-41/h10-12,15-20,23-26,30-32,38,42-44,46-47H,1-7,13-14,21-22,27-29H2,8-9H3/b17-15+,40-26+,46-31?. The molecule has 1 fully saturated rings. The molecule has 0 bridgehead atoms. The molecule has 0 saturated heterocycles. The molecule has 0 radical (unpaired) electrons. The van der Waals surface area contributed by atoms with Crippen LogP contribution < -0.4 is 10.2 Å². The predicted molar refractivity (Wildman–Crippen MR) is 213 cm³/mol. The molecule has 256 valence electrons. The minimum atomic E-state index is -0.176. The number of para-hydroxylation sites is 1. The average molecular weight is 653 g/mol. The Morgan fingerprint density at radius 2 is 1.69 bits per heavy atom. The number of dihydropyridines is 1. The summed E-state index contributed by atoms with van der Waals surface area (Å²) in [6.45, 7) is 35.2. The fourth-order valence-corrected chi connectivity index (χ4v) is 7.49. The van der Waals surface area contributed by atoms with Gasteiger partial charge in [-0.2, -0.15) is 0 Å². The maximum atomic E-state index is 8.35. The molecule has 4 heteroatoms. The lowest BCUT2D eigenvalue weighted by Crippen LogP contribution is -2.38. The number of benzene rings is 1. The van der Waals surface area contributed by atoms with Gasteiger partial charge in [-0.15, -0.1) is 19.7 Å². The van der Waals surface area contributed by atoms with Gasteiger partial charge in [0.25, 0.3) is 0 Å². The smallest absolute Gasteiger partial charge is 0.0633 e. The largest absolute Gasteiger partial charge is 0.382 e. The maximum absolute atomic E-state index is 8.35. The minimum absolute atomic E-state index is 0.0205. The first kappa shape index (κ1) is 37.0. The summed E-state index contributed by atoms with van der Waals surface area (Å²) in [5, 5.41) is 12.0. The Kier molecular flexibility index (Phi) is 12.8. The summed E-state index contributed by atoms with van der Waals surface area (Å²) in [4.78, 5) is 4.42. The Balaban J connectivity index is 1.61. The van der Waals surface area contributed by atoms with Crippen LogP contribution in [0.2, 0.25) is 0 Å². The highest BCUT2D eigenvalue weighted by molar-refractivity contribution is 5.84. The lowest BCUT2D eigenvalue weighted by atomic mass is 9.71. The molecule has 4 unspecified atom stereocenters. The summed E-state index contributed by atoms with van der Waals surface area (Å²) in [6.07, 6.45) is 28.5. The summed E-state index contributed by atoms with van der Waals surface area (Å²) in [5.74, 6) is 0.235. The van der Waals surface area contributed by atoms with Crippen LogP contribution in [-0.2, 0) is 0 Å². The Hall–Kier alpha value is -4.83. The maximum Gasteiger partial charge on any atom is 0.0633 e. The SMILES string of the molecule is C=CCC/C=C/C=C(\C=N)N(C(=C)CC1C(=C)C(=C)C(CC(=C)N(C2=CNC3CCC=CC3=C2)C(C=C)CC=C)C1(C)C)c1ccccc1. The van der Waals surface area contributed by atoms with E-state index in [0.29, 0.717) is 12.5 Å². The number of rotatable bonds is 18. The molecule has 1 aliphatic heterocycles. The number of hydrogen-bond donors (Lipinski definition) is 2. The summed E-state index contributed by atoms with van der Waals surface area (Å²) in [6, 6.07) is 10.5. The fraction of sp³-hybridized carbons (Fsp3) is 0.311. The molecular formula is C45H56N4. The van der Waals surface area contributed by atoms with E-state index in [4.69, 9.17) is 12.0 Å². The van der Waals surface area contributed by atoms with E-state index in [-0.39, 0.29) is 23.3 Å². The van der Waals surface area contributed by atoms with Crippen LogP contribution in [0.15, 0.2) is 177 Å². The van der Waals surface area contributed by atoms with E-state index in [1.165, 1.54) is 11.8 Å². The van der Waals surface area contributed by atoms with Crippen molar-refractivity contribution in [2.75, 3.05) is 4.90 Å². The third-order valence-electron chi connectivity index (χ3n) is 10.3. The molecule has 4 rings (SSSR count). The lowest BCUT2D eigenvalue weighted by Gasteiger charge is -2.40. The Bertz CT molecular complexity index is 1610. The van der Waals surface area contributed by atoms with Gasteiger partial charge in [-0.3, -0.25) is 0 Å². The van der Waals surface area contributed by atoms with Gasteiger partial charge in [-0.05, 0) is 103 Å². The molecule has 0 spiro atoms. The van der Waals surface area contributed by atoms with Gasteiger partial charge in [0.2, 0.25) is 0 Å². The number of nitrogens with one attached hydrogen (secondary N) is 2. The van der Waals surface area contributed by atoms with Gasteiger partial charge in [0.05, 0.1) is 23.5 Å². The van der Waals surface area contributed by atoms with Gasteiger partial charge in [0.15, 0.2) is 0 Å². The van der Waals surface area contributed by atoms with E-state index >= 15 is 0 Å². The van der Waals surface area contributed by atoms with Crippen LogP contribution in [0.1, 0.15) is 58.8 Å². The lowest BCUT2D eigenvalue weighted by molar-refractivity contribution is 0.194. The average Bonchev–Trinajstić information content (AvgIpc) is 3.26. The molecule has 4 atom stereocenters. The highest BCUT2D eigenvalue weighted by Crippen LogP contribution is 2.57. The zero-order valence-corrected chi connectivity index (χ0v) is 29.8. The van der Waals surface area contributed by atoms with Crippen molar-refractivity contribution in [2.24, 2.45) is 17.3 Å². The number of allylic oxidation sites excluding steroid dienone is 11. The first-order valence-electron chi connectivity index (χ1n) is 17.5. The van der Waals surface area contributed by atoms with E-state index in [9.17, 15) is 0 Å². The van der Waals surface area contributed by atoms with E-state index in [1.807, 2.05) is 48.6 Å². The molecule has 4 nitrogen and oxygen atoms in total. The monoisotopic (exact) mass is 652 g/mol. The number of hydrogen-bond acceptors (Lipinski definition) is 4. The van der Waals surface area contributed by atoms with Crippen LogP contribution in [0.25, 0.3) is 0 Å². The summed E-state index contributed by atoms with van der Waals surface area (Å²) in [5.41, 5.74) is 8.00. The van der Waals surface area contributed by atoms with Crippen molar-refractivity contribution in [3.63, 3.8) is 0 Å². The molecule has 3 aliphatic rings. The molecular weight excluding hydrogens is 597 g/mol. The molecule has 1 saturated carbocycles. The Morgan fingerprint density at radius 1 is 1.00 bits per heavy atom. The highest BCUT2D eigenvalue weighted by Gasteiger charge is 2.48. The van der Waals surface area contributed by atoms with Gasteiger partial charge in [-0.25, -0.2) is 0 Å². The number of unbranched alkanes of at least 4 members (excludes halogenated alkanes) is 1. The number of fused-ring (bicyclic) bond motifs is 1. The van der Waals surface area contributed by atoms with Gasteiger partial charge in [0.1, 0.15) is 0 Å². The zero-order chi connectivity index (χ0) is 35.6.